The number of aliphatic hydroxyl groups is 1. The largest absolute Gasteiger partial charge is 0.489 e. The summed E-state index contributed by atoms with van der Waals surface area (Å²) < 4.78 is 20.4. The first kappa shape index (κ1) is 29.8. The van der Waals surface area contributed by atoms with E-state index in [4.69, 9.17) is 4.74 Å². The summed E-state index contributed by atoms with van der Waals surface area (Å²) in [5, 5.41) is 18.0. The highest BCUT2D eigenvalue weighted by Crippen LogP contribution is 2.38. The average molecular weight is 547 g/mol. The Balaban J connectivity index is 1.48. The summed E-state index contributed by atoms with van der Waals surface area (Å²) in [5.74, 6) is 0.196. The summed E-state index contributed by atoms with van der Waals surface area (Å²) in [6.07, 6.45) is 4.86. The number of nitrogens with one attached hydrogen (secondary N) is 2. The first-order valence-electron chi connectivity index (χ1n) is 14.5. The number of benzene rings is 3. The second-order valence-corrected chi connectivity index (χ2v) is 11.5. The van der Waals surface area contributed by atoms with Crippen molar-refractivity contribution >= 4 is 5.91 Å². The third kappa shape index (κ3) is 8.15. The molecule has 6 heteroatoms. The minimum Gasteiger partial charge on any atom is -0.489 e. The van der Waals surface area contributed by atoms with Gasteiger partial charge in [0.05, 0.1) is 12.1 Å². The van der Waals surface area contributed by atoms with Crippen LogP contribution in [-0.4, -0.2) is 29.7 Å². The summed E-state index contributed by atoms with van der Waals surface area (Å²) >= 11 is 0. The highest BCUT2D eigenvalue weighted by Gasteiger charge is 2.35. The van der Waals surface area contributed by atoms with E-state index in [0.717, 1.165) is 31.2 Å². The van der Waals surface area contributed by atoms with Gasteiger partial charge in [-0.3, -0.25) is 4.79 Å². The maximum atomic E-state index is 14.5. The fraction of sp³-hybridized carbons (Fsp3) is 0.441. The molecule has 1 aliphatic carbocycles. The second-order valence-electron chi connectivity index (χ2n) is 11.5. The summed E-state index contributed by atoms with van der Waals surface area (Å²) in [6.45, 7) is 6.47. The molecule has 40 heavy (non-hydrogen) atoms. The van der Waals surface area contributed by atoms with Crippen molar-refractivity contribution in [2.45, 2.75) is 89.5 Å². The van der Waals surface area contributed by atoms with Crippen molar-refractivity contribution in [2.24, 2.45) is 0 Å². The van der Waals surface area contributed by atoms with Crippen molar-refractivity contribution in [1.29, 1.82) is 0 Å². The zero-order valence-electron chi connectivity index (χ0n) is 24.0. The van der Waals surface area contributed by atoms with E-state index in [9.17, 15) is 14.3 Å². The topological polar surface area (TPSA) is 70.6 Å². The molecule has 0 spiro atoms. The Hall–Kier alpha value is -3.22. The Kier molecular flexibility index (Phi) is 10.3. The third-order valence-electron chi connectivity index (χ3n) is 7.95. The Morgan fingerprint density at radius 3 is 2.42 bits per heavy atom. The van der Waals surface area contributed by atoms with Crippen molar-refractivity contribution in [3.8, 4) is 5.75 Å². The van der Waals surface area contributed by atoms with Crippen LogP contribution in [0.25, 0.3) is 0 Å². The molecule has 1 saturated carbocycles. The van der Waals surface area contributed by atoms with Crippen molar-refractivity contribution in [3.05, 3.63) is 101 Å². The molecule has 0 aromatic heterocycles. The van der Waals surface area contributed by atoms with E-state index in [0.29, 0.717) is 30.4 Å². The van der Waals surface area contributed by atoms with E-state index < -0.39 is 18.0 Å². The van der Waals surface area contributed by atoms with Crippen LogP contribution in [0.1, 0.15) is 81.0 Å². The number of aliphatic hydroxyl groups excluding tert-OH is 1. The fourth-order valence-corrected chi connectivity index (χ4v) is 5.72. The van der Waals surface area contributed by atoms with Gasteiger partial charge in [-0.1, -0.05) is 87.7 Å². The van der Waals surface area contributed by atoms with Gasteiger partial charge in [-0.05, 0) is 59.6 Å². The van der Waals surface area contributed by atoms with Crippen LogP contribution in [0.15, 0.2) is 72.8 Å². The van der Waals surface area contributed by atoms with Crippen LogP contribution in [0.2, 0.25) is 0 Å². The Morgan fingerprint density at radius 1 is 0.975 bits per heavy atom. The summed E-state index contributed by atoms with van der Waals surface area (Å²) in [7, 11) is 0. The van der Waals surface area contributed by atoms with Gasteiger partial charge in [-0.15, -0.1) is 0 Å². The number of hydrogen-bond acceptors (Lipinski definition) is 4. The molecule has 3 N–H and O–H groups in total. The van der Waals surface area contributed by atoms with Crippen LogP contribution >= 0.6 is 0 Å². The molecule has 3 aromatic carbocycles. The second kappa shape index (κ2) is 13.9. The molecule has 2 atom stereocenters. The van der Waals surface area contributed by atoms with E-state index in [-0.39, 0.29) is 17.9 Å². The van der Waals surface area contributed by atoms with Crippen LogP contribution in [0.5, 0.6) is 5.75 Å². The van der Waals surface area contributed by atoms with Crippen LogP contribution in [0.3, 0.4) is 0 Å². The molecule has 0 aliphatic heterocycles. The predicted octanol–water partition coefficient (Wildman–Crippen LogP) is 6.39. The minimum atomic E-state index is -0.868. The molecule has 0 heterocycles. The molecule has 4 rings (SSSR count). The molecular formula is C34H43FN2O3. The lowest BCUT2D eigenvalue weighted by molar-refractivity contribution is -0.120. The van der Waals surface area contributed by atoms with Gasteiger partial charge >= 0.3 is 0 Å². The fourth-order valence-electron chi connectivity index (χ4n) is 5.72. The highest BCUT2D eigenvalue weighted by atomic mass is 19.1. The number of carbonyl (C=O) groups excluding carboxylic acids is 1. The molecule has 1 aliphatic rings. The van der Waals surface area contributed by atoms with E-state index in [2.05, 4.69) is 48.7 Å². The molecule has 2 unspecified atom stereocenters. The van der Waals surface area contributed by atoms with Gasteiger partial charge in [0.15, 0.2) is 0 Å². The lowest BCUT2D eigenvalue weighted by atomic mass is 9.75. The van der Waals surface area contributed by atoms with Gasteiger partial charge in [-0.25, -0.2) is 4.39 Å². The van der Waals surface area contributed by atoms with Crippen LogP contribution in [0.4, 0.5) is 4.39 Å². The zero-order valence-corrected chi connectivity index (χ0v) is 24.0. The van der Waals surface area contributed by atoms with Gasteiger partial charge in [0, 0.05) is 25.1 Å². The van der Waals surface area contributed by atoms with Gasteiger partial charge in [0.2, 0.25) is 5.91 Å². The van der Waals surface area contributed by atoms with E-state index in [1.165, 1.54) is 36.6 Å². The summed E-state index contributed by atoms with van der Waals surface area (Å²) in [6, 6.07) is 22.5. The maximum Gasteiger partial charge on any atom is 0.217 e. The highest BCUT2D eigenvalue weighted by molar-refractivity contribution is 5.73. The monoisotopic (exact) mass is 546 g/mol. The van der Waals surface area contributed by atoms with E-state index in [1.54, 1.807) is 6.07 Å². The first-order valence-corrected chi connectivity index (χ1v) is 14.5. The number of rotatable bonds is 12. The SMILES string of the molecule is CC(=O)NC(Cc1cc(F)cc(OCc2ccccc2)c1)C(O)CNC1(c2cccc(C(C)C)c2)CCCCC1. The van der Waals surface area contributed by atoms with Crippen molar-refractivity contribution in [3.63, 3.8) is 0 Å². The van der Waals surface area contributed by atoms with Gasteiger partial charge in [0.1, 0.15) is 18.2 Å². The number of carbonyl (C=O) groups is 1. The van der Waals surface area contributed by atoms with Crippen LogP contribution in [0, 0.1) is 5.82 Å². The first-order chi connectivity index (χ1) is 19.2. The molecule has 1 fully saturated rings. The standard InChI is InChI=1S/C34H43FN2O3/c1-24(2)28-13-10-14-29(20-28)34(15-8-5-9-16-34)36-22-33(39)32(37-25(3)38)19-27-17-30(35)21-31(18-27)40-23-26-11-6-4-7-12-26/h4,6-7,10-14,17-18,20-21,24,32-33,36,39H,5,8-9,15-16,19,22-23H2,1-3H3,(H,37,38). The molecule has 1 amide bonds. The number of ether oxygens (including phenoxy) is 1. The third-order valence-corrected chi connectivity index (χ3v) is 7.95. The lowest BCUT2D eigenvalue weighted by Crippen LogP contribution is -2.53. The Morgan fingerprint density at radius 2 is 1.73 bits per heavy atom. The molecule has 0 saturated heterocycles. The molecule has 0 bridgehead atoms. The Bertz CT molecular complexity index is 1240. The lowest BCUT2D eigenvalue weighted by Gasteiger charge is -2.40. The minimum absolute atomic E-state index is 0.220. The van der Waals surface area contributed by atoms with Crippen LogP contribution in [-0.2, 0) is 23.4 Å². The van der Waals surface area contributed by atoms with Crippen LogP contribution < -0.4 is 15.4 Å². The molecule has 0 radical (unpaired) electrons. The quantitative estimate of drug-likeness (QED) is 0.246. The van der Waals surface area contributed by atoms with Gasteiger partial charge in [0.25, 0.3) is 0 Å². The number of halogens is 1. The van der Waals surface area contributed by atoms with E-state index in [1.807, 2.05) is 30.3 Å². The molecule has 3 aromatic rings. The molecule has 214 valence electrons. The maximum absolute atomic E-state index is 14.5. The van der Waals surface area contributed by atoms with Crippen molar-refractivity contribution in [1.82, 2.24) is 10.6 Å². The van der Waals surface area contributed by atoms with Gasteiger partial charge < -0.3 is 20.5 Å². The summed E-state index contributed by atoms with van der Waals surface area (Å²) in [4.78, 5) is 12.1. The Labute approximate surface area is 238 Å². The predicted molar refractivity (Wildman–Crippen MR) is 158 cm³/mol. The van der Waals surface area contributed by atoms with Crippen molar-refractivity contribution in [2.75, 3.05) is 6.54 Å². The summed E-state index contributed by atoms with van der Waals surface area (Å²) in [5.41, 5.74) is 3.98. The van der Waals surface area contributed by atoms with E-state index >= 15 is 0 Å². The molecular weight excluding hydrogens is 503 g/mol. The number of amides is 1. The van der Waals surface area contributed by atoms with Gasteiger partial charge in [-0.2, -0.15) is 0 Å². The molecule has 5 nitrogen and oxygen atoms in total. The zero-order chi connectivity index (χ0) is 28.5. The number of hydrogen-bond donors (Lipinski definition) is 3. The average Bonchev–Trinajstić information content (AvgIpc) is 2.95. The van der Waals surface area contributed by atoms with Crippen molar-refractivity contribution < 1.29 is 19.0 Å². The smallest absolute Gasteiger partial charge is 0.217 e. The normalized spacial score (nSPS) is 16.4.